The summed E-state index contributed by atoms with van der Waals surface area (Å²) >= 11 is 0. The van der Waals surface area contributed by atoms with Crippen molar-refractivity contribution in [2.75, 3.05) is 39.6 Å². The minimum absolute atomic E-state index is 0.105. The van der Waals surface area contributed by atoms with Crippen LogP contribution in [0, 0.1) is 11.8 Å². The number of phosphoric acid groups is 2. The predicted molar refractivity (Wildman–Crippen MR) is 386 cm³/mol. The molecule has 0 fully saturated rings. The second kappa shape index (κ2) is 67.9. The van der Waals surface area contributed by atoms with E-state index in [0.29, 0.717) is 31.6 Å². The zero-order chi connectivity index (χ0) is 70.0. The Morgan fingerprint density at radius 1 is 0.284 bits per heavy atom. The Morgan fingerprint density at radius 2 is 0.484 bits per heavy atom. The van der Waals surface area contributed by atoms with Gasteiger partial charge in [0, 0.05) is 25.7 Å². The van der Waals surface area contributed by atoms with Crippen molar-refractivity contribution in [1.82, 2.24) is 0 Å². The van der Waals surface area contributed by atoms with Crippen LogP contribution in [0.5, 0.6) is 0 Å². The molecule has 5 atom stereocenters. The number of aliphatic hydroxyl groups is 1. The van der Waals surface area contributed by atoms with Crippen molar-refractivity contribution in [3.05, 3.63) is 0 Å². The summed E-state index contributed by atoms with van der Waals surface area (Å²) in [4.78, 5) is 72.8. The molecule has 0 saturated carbocycles. The van der Waals surface area contributed by atoms with Gasteiger partial charge in [-0.2, -0.15) is 0 Å². The highest BCUT2D eigenvalue weighted by atomic mass is 31.2. The second-order valence-electron chi connectivity index (χ2n) is 28.3. The molecule has 3 N–H and O–H groups in total. The zero-order valence-electron chi connectivity index (χ0n) is 62.0. The van der Waals surface area contributed by atoms with Crippen LogP contribution in [-0.4, -0.2) is 96.7 Å². The number of esters is 4. The summed E-state index contributed by atoms with van der Waals surface area (Å²) in [5.41, 5.74) is 0. The molecule has 0 radical (unpaired) electrons. The summed E-state index contributed by atoms with van der Waals surface area (Å²) in [5, 5.41) is 10.6. The lowest BCUT2D eigenvalue weighted by Gasteiger charge is -2.21. The van der Waals surface area contributed by atoms with Gasteiger partial charge in [0.2, 0.25) is 0 Å². The largest absolute Gasteiger partial charge is 0.472 e. The van der Waals surface area contributed by atoms with Gasteiger partial charge in [0.25, 0.3) is 0 Å². The number of phosphoric ester groups is 2. The molecule has 0 saturated heterocycles. The van der Waals surface area contributed by atoms with Gasteiger partial charge in [0.05, 0.1) is 26.4 Å². The van der Waals surface area contributed by atoms with Crippen LogP contribution in [0.25, 0.3) is 0 Å². The minimum atomic E-state index is -4.96. The first-order chi connectivity index (χ1) is 45.9. The van der Waals surface area contributed by atoms with Crippen LogP contribution < -0.4 is 0 Å². The Balaban J connectivity index is 5.23. The standard InChI is InChI=1S/C76H148O17P2/c1-7-9-11-13-15-17-19-21-23-25-27-29-31-36-40-48-54-60-75(80)92-71(64-86-73(78)58-52-46-39-35-30-28-26-24-22-20-18-16-14-12-10-8-2)66-90-94(82,83)88-62-70(77)63-89-95(84,85)91-67-72(65-87-74(79)59-53-47-43-42-45-51-57-69(5)6)93-76(81)61-55-49-41-37-33-32-34-38-44-50-56-68(3)4/h68-72,77H,7-67H2,1-6H3,(H,82,83)(H,84,85)/t70-,71-,72-/m1/s1. The van der Waals surface area contributed by atoms with E-state index in [1.165, 1.54) is 205 Å². The van der Waals surface area contributed by atoms with Crippen molar-refractivity contribution < 1.29 is 80.2 Å². The summed E-state index contributed by atoms with van der Waals surface area (Å²) in [6.07, 6.45) is 55.6. The van der Waals surface area contributed by atoms with Crippen molar-refractivity contribution in [2.24, 2.45) is 11.8 Å². The Labute approximate surface area is 581 Å². The van der Waals surface area contributed by atoms with Crippen molar-refractivity contribution in [2.45, 2.75) is 413 Å². The second-order valence-corrected chi connectivity index (χ2v) is 31.3. The monoisotopic (exact) mass is 1400 g/mol. The average Bonchev–Trinajstić information content (AvgIpc) is 2.81. The smallest absolute Gasteiger partial charge is 0.462 e. The third-order valence-corrected chi connectivity index (χ3v) is 19.6. The van der Waals surface area contributed by atoms with Gasteiger partial charge in [0.1, 0.15) is 19.3 Å². The Morgan fingerprint density at radius 3 is 0.716 bits per heavy atom. The average molecular weight is 1400 g/mol. The van der Waals surface area contributed by atoms with Gasteiger partial charge in [-0.15, -0.1) is 0 Å². The highest BCUT2D eigenvalue weighted by molar-refractivity contribution is 7.47. The van der Waals surface area contributed by atoms with Crippen LogP contribution in [0.4, 0.5) is 0 Å². The van der Waals surface area contributed by atoms with Crippen molar-refractivity contribution in [3.8, 4) is 0 Å². The van der Waals surface area contributed by atoms with Crippen LogP contribution >= 0.6 is 15.6 Å². The lowest BCUT2D eigenvalue weighted by atomic mass is 10.0. The first-order valence-electron chi connectivity index (χ1n) is 39.5. The molecular formula is C76H148O17P2. The molecule has 0 bridgehead atoms. The Kier molecular flexibility index (Phi) is 66.5. The van der Waals surface area contributed by atoms with Crippen LogP contribution in [0.3, 0.4) is 0 Å². The van der Waals surface area contributed by atoms with E-state index in [9.17, 15) is 43.2 Å². The number of ether oxygens (including phenoxy) is 4. The third kappa shape index (κ3) is 70.3. The zero-order valence-corrected chi connectivity index (χ0v) is 63.8. The summed E-state index contributed by atoms with van der Waals surface area (Å²) < 4.78 is 68.5. The highest BCUT2D eigenvalue weighted by Gasteiger charge is 2.30. The molecule has 0 aromatic heterocycles. The number of aliphatic hydroxyl groups excluding tert-OH is 1. The first kappa shape index (κ1) is 93.1. The SMILES string of the molecule is CCCCCCCCCCCCCCCCCCCC(=O)O[C@H](COC(=O)CCCCCCCCCCCCCCCCCC)COP(=O)(O)OC[C@@H](O)COP(=O)(O)OC[C@@H](COC(=O)CCCCCCCCC(C)C)OC(=O)CCCCCCCCCCCCC(C)C. The molecule has 0 aliphatic carbocycles. The maximum Gasteiger partial charge on any atom is 0.472 e. The fraction of sp³-hybridized carbons (Fsp3) is 0.947. The molecule has 0 heterocycles. The van der Waals surface area contributed by atoms with Crippen LogP contribution in [0.1, 0.15) is 395 Å². The topological polar surface area (TPSA) is 237 Å². The quantitative estimate of drug-likeness (QED) is 0.0222. The van der Waals surface area contributed by atoms with Crippen molar-refractivity contribution in [3.63, 3.8) is 0 Å². The van der Waals surface area contributed by atoms with E-state index in [1.54, 1.807) is 0 Å². The molecule has 0 aromatic rings. The normalized spacial score (nSPS) is 14.0. The van der Waals surface area contributed by atoms with Crippen molar-refractivity contribution >= 4 is 39.5 Å². The van der Waals surface area contributed by atoms with Crippen LogP contribution in [0.15, 0.2) is 0 Å². The van der Waals surface area contributed by atoms with E-state index < -0.39 is 97.5 Å². The fourth-order valence-corrected chi connectivity index (χ4v) is 13.2. The van der Waals surface area contributed by atoms with Gasteiger partial charge in [-0.05, 0) is 37.5 Å². The van der Waals surface area contributed by atoms with Gasteiger partial charge >= 0.3 is 39.5 Å². The molecule has 0 spiro atoms. The third-order valence-electron chi connectivity index (χ3n) is 17.7. The number of hydrogen-bond acceptors (Lipinski definition) is 15. The molecule has 564 valence electrons. The molecule has 0 aliphatic rings. The summed E-state index contributed by atoms with van der Waals surface area (Å²) in [7, 11) is -9.91. The number of hydrogen-bond donors (Lipinski definition) is 3. The van der Waals surface area contributed by atoms with Gasteiger partial charge in [-0.25, -0.2) is 9.13 Å². The van der Waals surface area contributed by atoms with E-state index in [2.05, 4.69) is 41.5 Å². The fourth-order valence-electron chi connectivity index (χ4n) is 11.7. The number of carbonyl (C=O) groups excluding carboxylic acids is 4. The van der Waals surface area contributed by atoms with E-state index in [4.69, 9.17) is 37.0 Å². The molecule has 19 heteroatoms. The van der Waals surface area contributed by atoms with E-state index in [0.717, 1.165) is 102 Å². The molecular weight excluding hydrogens is 1250 g/mol. The lowest BCUT2D eigenvalue weighted by molar-refractivity contribution is -0.161. The molecule has 2 unspecified atom stereocenters. The summed E-state index contributed by atoms with van der Waals surface area (Å²) in [6, 6.07) is 0. The summed E-state index contributed by atoms with van der Waals surface area (Å²) in [6.45, 7) is 9.51. The Bertz CT molecular complexity index is 1840. The molecule has 0 aliphatic heterocycles. The molecule has 0 aromatic carbocycles. The maximum atomic E-state index is 13.1. The lowest BCUT2D eigenvalue weighted by Crippen LogP contribution is -2.30. The van der Waals surface area contributed by atoms with Gasteiger partial charge in [-0.3, -0.25) is 37.3 Å². The first-order valence-corrected chi connectivity index (χ1v) is 42.5. The van der Waals surface area contributed by atoms with E-state index >= 15 is 0 Å². The van der Waals surface area contributed by atoms with E-state index in [-0.39, 0.29) is 25.7 Å². The van der Waals surface area contributed by atoms with E-state index in [1.807, 2.05) is 0 Å². The van der Waals surface area contributed by atoms with Gasteiger partial charge in [0.15, 0.2) is 12.2 Å². The van der Waals surface area contributed by atoms with Gasteiger partial charge < -0.3 is 33.8 Å². The minimum Gasteiger partial charge on any atom is -0.462 e. The van der Waals surface area contributed by atoms with Crippen LogP contribution in [0.2, 0.25) is 0 Å². The summed E-state index contributed by atoms with van der Waals surface area (Å²) in [5.74, 6) is -0.685. The molecule has 95 heavy (non-hydrogen) atoms. The number of carbonyl (C=O) groups is 4. The molecule has 17 nitrogen and oxygen atoms in total. The van der Waals surface area contributed by atoms with Crippen molar-refractivity contribution in [1.29, 1.82) is 0 Å². The predicted octanol–water partition coefficient (Wildman–Crippen LogP) is 22.3. The van der Waals surface area contributed by atoms with Crippen LogP contribution in [-0.2, 0) is 65.4 Å². The maximum absolute atomic E-state index is 13.1. The molecule has 0 rings (SSSR count). The van der Waals surface area contributed by atoms with Gasteiger partial charge in [-0.1, -0.05) is 343 Å². The highest BCUT2D eigenvalue weighted by Crippen LogP contribution is 2.45. The Hall–Kier alpha value is -1.94. The number of unbranched alkanes of at least 4 members (excludes halogenated alkanes) is 45. The number of rotatable bonds is 75. The molecule has 0 amide bonds.